The summed E-state index contributed by atoms with van der Waals surface area (Å²) in [6.07, 6.45) is 0.353. The normalized spacial score (nSPS) is 14.7. The molecular weight excluding hydrogens is 288 g/mol. The van der Waals surface area contributed by atoms with E-state index in [4.69, 9.17) is 5.73 Å². The lowest BCUT2D eigenvalue weighted by Crippen LogP contribution is -2.45. The quantitative estimate of drug-likeness (QED) is 0.733. The minimum Gasteiger partial charge on any atom is -0.388 e. The van der Waals surface area contributed by atoms with E-state index in [0.717, 1.165) is 11.1 Å². The molecule has 4 heteroatoms. The van der Waals surface area contributed by atoms with Crippen LogP contribution in [-0.4, -0.2) is 23.1 Å². The smallest absolute Gasteiger partial charge is 0.237 e. The molecule has 0 saturated carbocycles. The molecule has 4 nitrogen and oxygen atoms in total. The molecule has 0 aliphatic rings. The molecule has 0 heterocycles. The number of aliphatic hydroxyl groups is 1. The zero-order valence-corrected chi connectivity index (χ0v) is 13.4. The van der Waals surface area contributed by atoms with E-state index >= 15 is 0 Å². The van der Waals surface area contributed by atoms with Crippen molar-refractivity contribution in [1.82, 2.24) is 5.32 Å². The Labute approximate surface area is 137 Å². The maximum atomic E-state index is 12.2. The molecule has 122 valence electrons. The highest BCUT2D eigenvalue weighted by molar-refractivity contribution is 5.82. The molecule has 3 atom stereocenters. The molecule has 23 heavy (non-hydrogen) atoms. The highest BCUT2D eigenvalue weighted by Crippen LogP contribution is 2.17. The molecule has 0 aliphatic heterocycles. The number of carbonyl (C=O) groups is 1. The Morgan fingerprint density at radius 3 is 2.26 bits per heavy atom. The van der Waals surface area contributed by atoms with Gasteiger partial charge in [-0.2, -0.15) is 0 Å². The van der Waals surface area contributed by atoms with E-state index in [-0.39, 0.29) is 11.9 Å². The molecular formula is C19H24N2O2. The third kappa shape index (κ3) is 5.51. The molecule has 4 N–H and O–H groups in total. The summed E-state index contributed by atoms with van der Waals surface area (Å²) in [4.78, 5) is 12.2. The first-order valence-electron chi connectivity index (χ1n) is 7.89. The van der Waals surface area contributed by atoms with Crippen molar-refractivity contribution >= 4 is 5.91 Å². The lowest BCUT2D eigenvalue weighted by Gasteiger charge is -2.20. The number of carbonyl (C=O) groups excluding carboxylic acids is 1. The average Bonchev–Trinajstić information content (AvgIpc) is 2.56. The lowest BCUT2D eigenvalue weighted by atomic mass is 10.0. The second kappa shape index (κ2) is 8.46. The van der Waals surface area contributed by atoms with Crippen molar-refractivity contribution in [3.8, 4) is 0 Å². The molecule has 0 fully saturated rings. The van der Waals surface area contributed by atoms with Gasteiger partial charge in [-0.25, -0.2) is 0 Å². The van der Waals surface area contributed by atoms with E-state index in [1.807, 2.05) is 67.6 Å². The first-order chi connectivity index (χ1) is 11.1. The minimum atomic E-state index is -0.600. The fourth-order valence-electron chi connectivity index (χ4n) is 2.52. The van der Waals surface area contributed by atoms with Crippen molar-refractivity contribution in [2.75, 3.05) is 0 Å². The van der Waals surface area contributed by atoms with Gasteiger partial charge in [-0.05, 0) is 30.9 Å². The summed E-state index contributed by atoms with van der Waals surface area (Å²) in [5.41, 5.74) is 7.85. The van der Waals surface area contributed by atoms with Crippen molar-refractivity contribution in [2.24, 2.45) is 5.73 Å². The van der Waals surface area contributed by atoms with Gasteiger partial charge < -0.3 is 16.2 Å². The number of amides is 1. The van der Waals surface area contributed by atoms with Crippen LogP contribution in [0.2, 0.25) is 0 Å². The average molecular weight is 312 g/mol. The Bertz CT molecular complexity index is 601. The molecule has 2 rings (SSSR count). The van der Waals surface area contributed by atoms with E-state index in [0.29, 0.717) is 12.8 Å². The Hall–Kier alpha value is -2.17. The van der Waals surface area contributed by atoms with Crippen LogP contribution in [-0.2, 0) is 11.2 Å². The number of rotatable bonds is 7. The predicted octanol–water partition coefficient (Wildman–Crippen LogP) is 2.18. The number of hydrogen-bond donors (Lipinski definition) is 3. The standard InChI is InChI=1S/C19H24N2O2/c1-14(12-18(22)16-10-6-3-7-11-16)21-19(23)17(20)13-15-8-4-2-5-9-15/h2-11,14,17-18,22H,12-13,20H2,1H3,(H,21,23)/t14?,17-,18?/m0/s1. The maximum absolute atomic E-state index is 12.2. The van der Waals surface area contributed by atoms with Crippen LogP contribution in [0, 0.1) is 0 Å². The highest BCUT2D eigenvalue weighted by atomic mass is 16.3. The van der Waals surface area contributed by atoms with Crippen LogP contribution in [0.15, 0.2) is 60.7 Å². The van der Waals surface area contributed by atoms with E-state index in [9.17, 15) is 9.90 Å². The number of nitrogens with two attached hydrogens (primary N) is 1. The molecule has 2 aromatic carbocycles. The van der Waals surface area contributed by atoms with Gasteiger partial charge in [-0.3, -0.25) is 4.79 Å². The third-order valence-electron chi connectivity index (χ3n) is 3.79. The monoisotopic (exact) mass is 312 g/mol. The van der Waals surface area contributed by atoms with E-state index in [2.05, 4.69) is 5.32 Å². The van der Waals surface area contributed by atoms with Crippen LogP contribution in [0.5, 0.6) is 0 Å². The summed E-state index contributed by atoms with van der Waals surface area (Å²) in [7, 11) is 0. The molecule has 0 aromatic heterocycles. The van der Waals surface area contributed by atoms with Crippen LogP contribution in [0.1, 0.15) is 30.6 Å². The van der Waals surface area contributed by atoms with Gasteiger partial charge in [0.15, 0.2) is 0 Å². The van der Waals surface area contributed by atoms with Gasteiger partial charge in [0, 0.05) is 6.04 Å². The maximum Gasteiger partial charge on any atom is 0.237 e. The summed E-state index contributed by atoms with van der Waals surface area (Å²) in [5, 5.41) is 13.1. The molecule has 0 bridgehead atoms. The van der Waals surface area contributed by atoms with Crippen LogP contribution < -0.4 is 11.1 Å². The van der Waals surface area contributed by atoms with E-state index < -0.39 is 12.1 Å². The summed E-state index contributed by atoms with van der Waals surface area (Å²) in [5.74, 6) is -0.193. The van der Waals surface area contributed by atoms with Gasteiger partial charge >= 0.3 is 0 Å². The van der Waals surface area contributed by atoms with Gasteiger partial charge in [-0.1, -0.05) is 60.7 Å². The van der Waals surface area contributed by atoms with Gasteiger partial charge in [-0.15, -0.1) is 0 Å². The minimum absolute atomic E-state index is 0.153. The molecule has 2 aromatic rings. The molecule has 0 radical (unpaired) electrons. The Morgan fingerprint density at radius 2 is 1.65 bits per heavy atom. The fraction of sp³-hybridized carbons (Fsp3) is 0.316. The van der Waals surface area contributed by atoms with Gasteiger partial charge in [0.25, 0.3) is 0 Å². The number of nitrogens with one attached hydrogen (secondary N) is 1. The van der Waals surface area contributed by atoms with Crippen LogP contribution >= 0.6 is 0 Å². The van der Waals surface area contributed by atoms with Crippen molar-refractivity contribution in [2.45, 2.75) is 38.0 Å². The number of aliphatic hydroxyl groups excluding tert-OH is 1. The topological polar surface area (TPSA) is 75.3 Å². The van der Waals surface area contributed by atoms with Crippen molar-refractivity contribution in [3.05, 3.63) is 71.8 Å². The second-order valence-corrected chi connectivity index (χ2v) is 5.87. The number of hydrogen-bond acceptors (Lipinski definition) is 3. The van der Waals surface area contributed by atoms with E-state index in [1.165, 1.54) is 0 Å². The largest absolute Gasteiger partial charge is 0.388 e. The molecule has 1 amide bonds. The zero-order valence-electron chi connectivity index (χ0n) is 13.4. The summed E-state index contributed by atoms with van der Waals surface area (Å²) >= 11 is 0. The third-order valence-corrected chi connectivity index (χ3v) is 3.79. The van der Waals surface area contributed by atoms with Crippen LogP contribution in [0.4, 0.5) is 0 Å². The summed E-state index contributed by atoms with van der Waals surface area (Å²) < 4.78 is 0. The number of benzene rings is 2. The van der Waals surface area contributed by atoms with Crippen LogP contribution in [0.3, 0.4) is 0 Å². The van der Waals surface area contributed by atoms with E-state index in [1.54, 1.807) is 0 Å². The van der Waals surface area contributed by atoms with Crippen molar-refractivity contribution < 1.29 is 9.90 Å². The summed E-state index contributed by atoms with van der Waals surface area (Å²) in [6.45, 7) is 1.87. The molecule has 0 spiro atoms. The zero-order chi connectivity index (χ0) is 16.7. The molecule has 0 saturated heterocycles. The van der Waals surface area contributed by atoms with Gasteiger partial charge in [0.2, 0.25) is 5.91 Å². The Kier molecular flexibility index (Phi) is 6.32. The second-order valence-electron chi connectivity index (χ2n) is 5.87. The fourth-order valence-corrected chi connectivity index (χ4v) is 2.52. The van der Waals surface area contributed by atoms with Gasteiger partial charge in [0.05, 0.1) is 12.1 Å². The SMILES string of the molecule is CC(CC(O)c1ccccc1)NC(=O)[C@@H](N)Cc1ccccc1. The Balaban J connectivity index is 1.82. The van der Waals surface area contributed by atoms with Crippen molar-refractivity contribution in [3.63, 3.8) is 0 Å². The molecule has 0 aliphatic carbocycles. The first kappa shape index (κ1) is 17.2. The van der Waals surface area contributed by atoms with Gasteiger partial charge in [0.1, 0.15) is 0 Å². The van der Waals surface area contributed by atoms with Crippen LogP contribution in [0.25, 0.3) is 0 Å². The molecule has 2 unspecified atom stereocenters. The Morgan fingerprint density at radius 1 is 1.09 bits per heavy atom. The summed E-state index contributed by atoms with van der Waals surface area (Å²) in [6, 6.07) is 18.4. The predicted molar refractivity (Wildman–Crippen MR) is 91.7 cm³/mol. The van der Waals surface area contributed by atoms with Crippen molar-refractivity contribution in [1.29, 1.82) is 0 Å². The highest BCUT2D eigenvalue weighted by Gasteiger charge is 2.18. The lowest BCUT2D eigenvalue weighted by molar-refractivity contribution is -0.123. The first-order valence-corrected chi connectivity index (χ1v) is 7.89.